The second-order valence-corrected chi connectivity index (χ2v) is 11.0. The quantitative estimate of drug-likeness (QED) is 0.379. The number of nitrogens with one attached hydrogen (secondary N) is 2. The number of benzene rings is 1. The number of alkyl halides is 2. The van der Waals surface area contributed by atoms with Crippen LogP contribution >= 0.6 is 11.3 Å². The van der Waals surface area contributed by atoms with Gasteiger partial charge in [0.1, 0.15) is 5.75 Å². The summed E-state index contributed by atoms with van der Waals surface area (Å²) >= 11 is 1.33. The van der Waals surface area contributed by atoms with Crippen LogP contribution in [0.4, 0.5) is 24.9 Å². The molecule has 0 aliphatic carbocycles. The van der Waals surface area contributed by atoms with E-state index in [1.54, 1.807) is 18.3 Å². The Labute approximate surface area is 229 Å². The van der Waals surface area contributed by atoms with E-state index in [1.165, 1.54) is 11.3 Å². The first kappa shape index (κ1) is 27.1. The third kappa shape index (κ3) is 7.57. The molecule has 0 bridgehead atoms. The van der Waals surface area contributed by atoms with Crippen molar-refractivity contribution in [2.45, 2.75) is 51.8 Å². The van der Waals surface area contributed by atoms with E-state index in [0.717, 1.165) is 62.4 Å². The lowest BCUT2D eigenvalue weighted by Crippen LogP contribution is -2.34. The molecule has 4 heterocycles. The molecule has 0 unspecified atom stereocenters. The van der Waals surface area contributed by atoms with Crippen molar-refractivity contribution < 1.29 is 18.3 Å². The number of aryl methyl sites for hydroxylation is 1. The maximum absolute atomic E-state index is 12.8. The van der Waals surface area contributed by atoms with Gasteiger partial charge in [0.25, 0.3) is 0 Å². The molecule has 5 rings (SSSR count). The number of nitrogens with zero attached hydrogens (tertiary/aromatic N) is 6. The zero-order chi connectivity index (χ0) is 27.2. The van der Waals surface area contributed by atoms with Crippen molar-refractivity contribution in [1.82, 2.24) is 25.3 Å². The van der Waals surface area contributed by atoms with E-state index < -0.39 is 6.61 Å². The molecule has 1 aromatic carbocycles. The molecule has 10 nitrogen and oxygen atoms in total. The van der Waals surface area contributed by atoms with Gasteiger partial charge in [0.05, 0.1) is 0 Å². The number of likely N-dealkylation sites (tertiary alicyclic amines) is 1. The van der Waals surface area contributed by atoms with Gasteiger partial charge in [-0.1, -0.05) is 29.0 Å². The summed E-state index contributed by atoms with van der Waals surface area (Å²) in [5, 5.41) is 23.9. The first-order valence-electron chi connectivity index (χ1n) is 13.1. The van der Waals surface area contributed by atoms with Gasteiger partial charge in [-0.3, -0.25) is 9.69 Å². The molecule has 2 fully saturated rings. The Morgan fingerprint density at radius 1 is 1.13 bits per heavy atom. The zero-order valence-corrected chi connectivity index (χ0v) is 22.5. The lowest BCUT2D eigenvalue weighted by Gasteiger charge is -2.32. The summed E-state index contributed by atoms with van der Waals surface area (Å²) in [7, 11) is 0. The normalized spacial score (nSPS) is 18.5. The van der Waals surface area contributed by atoms with Crippen LogP contribution in [0.1, 0.15) is 36.8 Å². The summed E-state index contributed by atoms with van der Waals surface area (Å²) in [5.41, 5.74) is 1.76. The molecule has 39 heavy (non-hydrogen) atoms. The highest BCUT2D eigenvalue weighted by atomic mass is 32.1. The van der Waals surface area contributed by atoms with Crippen LogP contribution in [0.25, 0.3) is 0 Å². The first-order valence-corrected chi connectivity index (χ1v) is 13.9. The number of anilines is 3. The monoisotopic (exact) mass is 558 g/mol. The van der Waals surface area contributed by atoms with Gasteiger partial charge in [-0.2, -0.15) is 13.9 Å². The van der Waals surface area contributed by atoms with Gasteiger partial charge in [-0.05, 0) is 63.4 Å². The SMILES string of the molecule is Cc1ccc(OC(F)F)c(CN2CCC(CC(=O)Nc3nnc(N[C@@H]4CCN(c5cccnn5)C4)s3)CC2)c1. The Balaban J connectivity index is 1.04. The standard InChI is InChI=1S/C26H32F2N8O2S/c1-17-4-5-21(38-24(27)28)19(13-17)15-35-10-6-18(7-11-35)14-23(37)31-26-34-33-25(39-26)30-20-8-12-36(16-20)22-3-2-9-29-32-22/h2-5,9,13,18,20,24H,6-8,10-12,14-16H2,1H3,(H,30,33)(H,31,34,37)/t20-/m1/s1. The van der Waals surface area contributed by atoms with Crippen molar-refractivity contribution >= 4 is 33.3 Å². The van der Waals surface area contributed by atoms with Crippen molar-refractivity contribution in [1.29, 1.82) is 0 Å². The largest absolute Gasteiger partial charge is 0.434 e. The van der Waals surface area contributed by atoms with Crippen LogP contribution in [0.2, 0.25) is 0 Å². The van der Waals surface area contributed by atoms with Gasteiger partial charge >= 0.3 is 6.61 Å². The number of hydrogen-bond acceptors (Lipinski definition) is 10. The third-order valence-corrected chi connectivity index (χ3v) is 7.85. The minimum Gasteiger partial charge on any atom is -0.434 e. The van der Waals surface area contributed by atoms with Crippen LogP contribution in [0.3, 0.4) is 0 Å². The summed E-state index contributed by atoms with van der Waals surface area (Å²) in [5.74, 6) is 1.26. The summed E-state index contributed by atoms with van der Waals surface area (Å²) in [6.07, 6.45) is 4.74. The van der Waals surface area contributed by atoms with Crippen molar-refractivity contribution in [3.63, 3.8) is 0 Å². The van der Waals surface area contributed by atoms with E-state index in [-0.39, 0.29) is 23.6 Å². The minimum absolute atomic E-state index is 0.0721. The number of carbonyl (C=O) groups is 1. The highest BCUT2D eigenvalue weighted by molar-refractivity contribution is 7.19. The molecule has 0 spiro atoms. The lowest BCUT2D eigenvalue weighted by atomic mass is 9.93. The average Bonchev–Trinajstić information content (AvgIpc) is 3.57. The summed E-state index contributed by atoms with van der Waals surface area (Å²) < 4.78 is 30.3. The van der Waals surface area contributed by atoms with E-state index in [2.05, 4.69) is 40.8 Å². The lowest BCUT2D eigenvalue weighted by molar-refractivity contribution is -0.117. The number of carbonyl (C=O) groups excluding carboxylic acids is 1. The van der Waals surface area contributed by atoms with Crippen LogP contribution < -0.4 is 20.3 Å². The summed E-state index contributed by atoms with van der Waals surface area (Å²) in [6, 6.07) is 9.30. The van der Waals surface area contributed by atoms with Crippen LogP contribution in [-0.2, 0) is 11.3 Å². The van der Waals surface area contributed by atoms with Gasteiger partial charge in [-0.25, -0.2) is 0 Å². The molecule has 2 saturated heterocycles. The zero-order valence-electron chi connectivity index (χ0n) is 21.7. The molecule has 2 aliphatic heterocycles. The molecule has 3 aromatic rings. The second kappa shape index (κ2) is 12.6. The number of amides is 1. The maximum atomic E-state index is 12.8. The molecule has 208 valence electrons. The van der Waals surface area contributed by atoms with E-state index in [1.807, 2.05) is 25.1 Å². The number of ether oxygens (including phenoxy) is 1. The van der Waals surface area contributed by atoms with E-state index in [9.17, 15) is 13.6 Å². The number of rotatable bonds is 10. The molecular formula is C26H32F2N8O2S. The minimum atomic E-state index is -2.85. The Morgan fingerprint density at radius 2 is 1.95 bits per heavy atom. The molecular weight excluding hydrogens is 526 g/mol. The fourth-order valence-corrected chi connectivity index (χ4v) is 5.86. The summed E-state index contributed by atoms with van der Waals surface area (Å²) in [6.45, 7) is 2.89. The Morgan fingerprint density at radius 3 is 2.72 bits per heavy atom. The Kier molecular flexibility index (Phi) is 8.77. The predicted octanol–water partition coefficient (Wildman–Crippen LogP) is 4.17. The van der Waals surface area contributed by atoms with Crippen molar-refractivity contribution in [2.24, 2.45) is 5.92 Å². The van der Waals surface area contributed by atoms with E-state index >= 15 is 0 Å². The molecule has 1 atom stereocenters. The molecule has 2 aromatic heterocycles. The van der Waals surface area contributed by atoms with Crippen molar-refractivity contribution in [3.05, 3.63) is 47.7 Å². The predicted molar refractivity (Wildman–Crippen MR) is 145 cm³/mol. The van der Waals surface area contributed by atoms with Crippen molar-refractivity contribution in [3.8, 4) is 5.75 Å². The topological polar surface area (TPSA) is 108 Å². The molecule has 13 heteroatoms. The number of halogens is 2. The average molecular weight is 559 g/mol. The number of aromatic nitrogens is 4. The van der Waals surface area contributed by atoms with Gasteiger partial charge in [0.15, 0.2) is 5.82 Å². The molecule has 2 N–H and O–H groups in total. The maximum Gasteiger partial charge on any atom is 0.387 e. The molecule has 2 aliphatic rings. The highest BCUT2D eigenvalue weighted by Crippen LogP contribution is 2.28. The van der Waals surface area contributed by atoms with Crippen LogP contribution in [-0.4, -0.2) is 70.0 Å². The Hall–Kier alpha value is -3.45. The van der Waals surface area contributed by atoms with Crippen molar-refractivity contribution in [2.75, 3.05) is 41.7 Å². The highest BCUT2D eigenvalue weighted by Gasteiger charge is 2.26. The van der Waals surface area contributed by atoms with Gasteiger partial charge in [0, 0.05) is 43.9 Å². The smallest absolute Gasteiger partial charge is 0.387 e. The third-order valence-electron chi connectivity index (χ3n) is 7.08. The van der Waals surface area contributed by atoms with Gasteiger partial charge in [0.2, 0.25) is 16.2 Å². The van der Waals surface area contributed by atoms with E-state index in [4.69, 9.17) is 4.74 Å². The summed E-state index contributed by atoms with van der Waals surface area (Å²) in [4.78, 5) is 17.1. The molecule has 1 amide bonds. The fraction of sp³-hybridized carbons (Fsp3) is 0.500. The first-order chi connectivity index (χ1) is 18.9. The van der Waals surface area contributed by atoms with Crippen LogP contribution in [0, 0.1) is 12.8 Å². The number of hydrogen-bond donors (Lipinski definition) is 2. The van der Waals surface area contributed by atoms with E-state index in [0.29, 0.717) is 23.2 Å². The van der Waals surface area contributed by atoms with Gasteiger partial charge < -0.3 is 20.3 Å². The van der Waals surface area contributed by atoms with Crippen LogP contribution in [0.5, 0.6) is 5.75 Å². The molecule has 0 radical (unpaired) electrons. The van der Waals surface area contributed by atoms with Gasteiger partial charge in [-0.15, -0.1) is 15.3 Å². The number of piperidine rings is 1. The Bertz CT molecular complexity index is 1240. The second-order valence-electron chi connectivity index (χ2n) is 10.0. The molecule has 0 saturated carbocycles. The fourth-order valence-electron chi connectivity index (χ4n) is 5.12. The van der Waals surface area contributed by atoms with Crippen LogP contribution in [0.15, 0.2) is 36.5 Å².